The lowest BCUT2D eigenvalue weighted by Gasteiger charge is -2.13. The highest BCUT2D eigenvalue weighted by atomic mass is 19.1. The van der Waals surface area contributed by atoms with E-state index in [0.717, 1.165) is 33.8 Å². The van der Waals surface area contributed by atoms with Crippen LogP contribution in [0.2, 0.25) is 0 Å². The molecular formula is C26H25FN2O. The minimum absolute atomic E-state index is 0.111. The van der Waals surface area contributed by atoms with Crippen LogP contribution in [0.1, 0.15) is 47.9 Å². The van der Waals surface area contributed by atoms with E-state index in [1.807, 2.05) is 66.7 Å². The molecule has 0 bridgehead atoms. The van der Waals surface area contributed by atoms with E-state index in [-0.39, 0.29) is 11.8 Å². The van der Waals surface area contributed by atoms with Gasteiger partial charge in [0, 0.05) is 23.4 Å². The monoisotopic (exact) mass is 400 g/mol. The van der Waals surface area contributed by atoms with Crippen LogP contribution in [0.3, 0.4) is 0 Å². The highest BCUT2D eigenvalue weighted by molar-refractivity contribution is 6.11. The van der Waals surface area contributed by atoms with E-state index in [1.54, 1.807) is 12.2 Å². The van der Waals surface area contributed by atoms with E-state index in [4.69, 9.17) is 0 Å². The number of aromatic amines is 1. The van der Waals surface area contributed by atoms with Crippen LogP contribution in [0.15, 0.2) is 78.9 Å². The maximum atomic E-state index is 13.7. The van der Waals surface area contributed by atoms with E-state index in [9.17, 15) is 9.18 Å². The van der Waals surface area contributed by atoms with E-state index >= 15 is 0 Å². The molecule has 4 rings (SSSR count). The second-order valence-corrected chi connectivity index (χ2v) is 7.77. The summed E-state index contributed by atoms with van der Waals surface area (Å²) in [5, 5.41) is 3.03. The lowest BCUT2D eigenvalue weighted by molar-refractivity contribution is 0.102. The second-order valence-electron chi connectivity index (χ2n) is 7.77. The number of hydrogen-bond acceptors (Lipinski definition) is 1. The Morgan fingerprint density at radius 1 is 1.07 bits per heavy atom. The minimum atomic E-state index is -0.964. The van der Waals surface area contributed by atoms with Gasteiger partial charge in [-0.05, 0) is 35.3 Å². The van der Waals surface area contributed by atoms with Gasteiger partial charge in [0.1, 0.15) is 6.17 Å². The first-order chi connectivity index (χ1) is 14.5. The van der Waals surface area contributed by atoms with Crippen LogP contribution in [0.4, 0.5) is 10.1 Å². The van der Waals surface area contributed by atoms with Crippen molar-refractivity contribution in [3.05, 3.63) is 95.8 Å². The largest absolute Gasteiger partial charge is 0.357 e. The zero-order valence-corrected chi connectivity index (χ0v) is 17.2. The SMILES string of the molecule is CC(C)c1[nH]c(C2=CCC(F)C=C2)c(-c2ccccc2)c1C(=O)Nc1ccccc1. The standard InChI is InChI=1S/C26H25FN2O/c1-17(2)24-23(26(30)28-21-11-7-4-8-12-21)22(18-9-5-3-6-10-18)25(29-24)19-13-15-20(27)16-14-19/h3-15,17,20,29H,16H2,1-2H3,(H,28,30). The Morgan fingerprint density at radius 3 is 2.33 bits per heavy atom. The van der Waals surface area contributed by atoms with E-state index in [0.29, 0.717) is 12.0 Å². The van der Waals surface area contributed by atoms with Crippen LogP contribution in [0, 0.1) is 0 Å². The Morgan fingerprint density at radius 2 is 1.73 bits per heavy atom. The highest BCUT2D eigenvalue weighted by Crippen LogP contribution is 2.39. The van der Waals surface area contributed by atoms with Gasteiger partial charge in [-0.2, -0.15) is 0 Å². The number of hydrogen-bond donors (Lipinski definition) is 2. The topological polar surface area (TPSA) is 44.9 Å². The number of allylic oxidation sites excluding steroid dienone is 4. The molecule has 1 atom stereocenters. The zero-order chi connectivity index (χ0) is 21.1. The fourth-order valence-corrected chi connectivity index (χ4v) is 3.79. The number of halogens is 1. The number of para-hydroxylation sites is 1. The Labute approximate surface area is 176 Å². The summed E-state index contributed by atoms with van der Waals surface area (Å²) in [5.41, 5.74) is 5.80. The van der Waals surface area contributed by atoms with Crippen molar-refractivity contribution in [1.82, 2.24) is 4.98 Å². The van der Waals surface area contributed by atoms with Crippen LogP contribution in [0.5, 0.6) is 0 Å². The number of anilines is 1. The lowest BCUT2D eigenvalue weighted by atomic mass is 9.92. The first-order valence-corrected chi connectivity index (χ1v) is 10.2. The molecule has 2 aromatic carbocycles. The van der Waals surface area contributed by atoms with Crippen molar-refractivity contribution >= 4 is 17.2 Å². The Hall–Kier alpha value is -3.40. The summed E-state index contributed by atoms with van der Waals surface area (Å²) >= 11 is 0. The third-order valence-electron chi connectivity index (χ3n) is 5.26. The van der Waals surface area contributed by atoms with Gasteiger partial charge in [0.2, 0.25) is 0 Å². The first kappa shape index (κ1) is 19.9. The number of amides is 1. The number of carbonyl (C=O) groups is 1. The van der Waals surface area contributed by atoms with Crippen molar-refractivity contribution in [1.29, 1.82) is 0 Å². The maximum Gasteiger partial charge on any atom is 0.258 e. The first-order valence-electron chi connectivity index (χ1n) is 10.2. The average molecular weight is 400 g/mol. The molecule has 3 nitrogen and oxygen atoms in total. The van der Waals surface area contributed by atoms with Crippen LogP contribution >= 0.6 is 0 Å². The molecule has 0 saturated heterocycles. The van der Waals surface area contributed by atoms with Crippen LogP contribution in [0.25, 0.3) is 16.7 Å². The predicted molar refractivity (Wildman–Crippen MR) is 121 cm³/mol. The molecule has 0 saturated carbocycles. The molecule has 0 spiro atoms. The molecule has 1 aromatic heterocycles. The average Bonchev–Trinajstić information content (AvgIpc) is 3.17. The van der Waals surface area contributed by atoms with Crippen molar-refractivity contribution in [3.8, 4) is 11.1 Å². The fourth-order valence-electron chi connectivity index (χ4n) is 3.79. The quantitative estimate of drug-likeness (QED) is 0.489. The van der Waals surface area contributed by atoms with Gasteiger partial charge in [0.25, 0.3) is 5.91 Å². The van der Waals surface area contributed by atoms with Gasteiger partial charge < -0.3 is 10.3 Å². The molecule has 1 amide bonds. The summed E-state index contributed by atoms with van der Waals surface area (Å²) in [6, 6.07) is 19.3. The van der Waals surface area contributed by atoms with Crippen LogP contribution in [-0.4, -0.2) is 17.1 Å². The summed E-state index contributed by atoms with van der Waals surface area (Å²) in [7, 11) is 0. The molecule has 0 aliphatic heterocycles. The molecule has 30 heavy (non-hydrogen) atoms. The number of nitrogens with one attached hydrogen (secondary N) is 2. The van der Waals surface area contributed by atoms with Gasteiger partial charge in [-0.3, -0.25) is 4.79 Å². The smallest absolute Gasteiger partial charge is 0.258 e. The van der Waals surface area contributed by atoms with Crippen molar-refractivity contribution < 1.29 is 9.18 Å². The number of aromatic nitrogens is 1. The summed E-state index contributed by atoms with van der Waals surface area (Å²) < 4.78 is 13.7. The minimum Gasteiger partial charge on any atom is -0.357 e. The lowest BCUT2D eigenvalue weighted by Crippen LogP contribution is -2.15. The number of benzene rings is 2. The summed E-state index contributed by atoms with van der Waals surface area (Å²) in [6.07, 6.45) is 4.64. The fraction of sp³-hybridized carbons (Fsp3) is 0.192. The summed E-state index contributed by atoms with van der Waals surface area (Å²) in [5.74, 6) is -0.0464. The van der Waals surface area contributed by atoms with Gasteiger partial charge in [0.05, 0.1) is 11.3 Å². The molecule has 2 N–H and O–H groups in total. The number of rotatable bonds is 5. The number of alkyl halides is 1. The molecule has 1 aliphatic carbocycles. The van der Waals surface area contributed by atoms with Gasteiger partial charge in [-0.15, -0.1) is 0 Å². The predicted octanol–water partition coefficient (Wildman–Crippen LogP) is 6.74. The summed E-state index contributed by atoms with van der Waals surface area (Å²) in [6.45, 7) is 4.12. The highest BCUT2D eigenvalue weighted by Gasteiger charge is 2.27. The Balaban J connectivity index is 1.89. The van der Waals surface area contributed by atoms with Crippen molar-refractivity contribution in [2.45, 2.75) is 32.4 Å². The zero-order valence-electron chi connectivity index (χ0n) is 17.2. The van der Waals surface area contributed by atoms with Crippen molar-refractivity contribution in [2.24, 2.45) is 0 Å². The normalized spacial score (nSPS) is 15.9. The third-order valence-corrected chi connectivity index (χ3v) is 5.26. The summed E-state index contributed by atoms with van der Waals surface area (Å²) in [4.78, 5) is 16.9. The molecule has 1 unspecified atom stereocenters. The number of carbonyl (C=O) groups excluding carboxylic acids is 1. The Kier molecular flexibility index (Phi) is 5.66. The van der Waals surface area contributed by atoms with Gasteiger partial charge >= 0.3 is 0 Å². The molecule has 0 fully saturated rings. The van der Waals surface area contributed by atoms with Gasteiger partial charge in [-0.25, -0.2) is 4.39 Å². The number of H-pyrrole nitrogens is 1. The second kappa shape index (κ2) is 8.54. The molecule has 0 radical (unpaired) electrons. The van der Waals surface area contributed by atoms with Crippen molar-refractivity contribution in [3.63, 3.8) is 0 Å². The molecule has 4 heteroatoms. The Bertz CT molecular complexity index is 1090. The van der Waals surface area contributed by atoms with E-state index in [2.05, 4.69) is 24.1 Å². The molecular weight excluding hydrogens is 375 g/mol. The van der Waals surface area contributed by atoms with Crippen LogP contribution < -0.4 is 5.32 Å². The van der Waals surface area contributed by atoms with Crippen molar-refractivity contribution in [2.75, 3.05) is 5.32 Å². The third kappa shape index (κ3) is 3.99. The van der Waals surface area contributed by atoms with Crippen LogP contribution in [-0.2, 0) is 0 Å². The van der Waals surface area contributed by atoms with Gasteiger partial charge in [0.15, 0.2) is 0 Å². The maximum absolute atomic E-state index is 13.7. The van der Waals surface area contributed by atoms with E-state index < -0.39 is 6.17 Å². The molecule has 3 aromatic rings. The van der Waals surface area contributed by atoms with Gasteiger partial charge in [-0.1, -0.05) is 74.5 Å². The molecule has 1 aliphatic rings. The molecule has 152 valence electrons. The van der Waals surface area contributed by atoms with E-state index in [1.165, 1.54) is 0 Å². The molecule has 1 heterocycles.